The lowest BCUT2D eigenvalue weighted by Crippen LogP contribution is -2.54. The number of hydrogen-bond acceptors (Lipinski definition) is 7. The number of amidine groups is 1. The molecule has 0 radical (unpaired) electrons. The molecule has 0 aliphatic carbocycles. The fourth-order valence-electron chi connectivity index (χ4n) is 2.11. The van der Waals surface area contributed by atoms with Gasteiger partial charge in [0.2, 0.25) is 21.8 Å². The number of amides is 2. The number of aliphatic hydroxyl groups is 1. The Bertz CT molecular complexity index is 793. The second-order valence-electron chi connectivity index (χ2n) is 6.15. The molecule has 0 fully saturated rings. The average Bonchev–Trinajstić information content (AvgIpc) is 3.11. The Balaban J connectivity index is 2.55. The summed E-state index contributed by atoms with van der Waals surface area (Å²) in [7, 11) is -3.70. The molecule has 2 amide bonds. The number of thiophene rings is 1. The van der Waals surface area contributed by atoms with E-state index in [4.69, 9.17) is 11.1 Å². The predicted molar refractivity (Wildman–Crippen MR) is 107 cm³/mol. The largest absolute Gasteiger partial charge is 0.394 e. The fraction of sp³-hybridized carbons (Fsp3) is 0.562. The Hall–Kier alpha value is -2.02. The number of nitrogens with two attached hydrogens (primary N) is 1. The van der Waals surface area contributed by atoms with E-state index in [1.807, 2.05) is 6.92 Å². The number of carbonyl (C=O) groups excluding carboxylic acids is 2. The zero-order chi connectivity index (χ0) is 21.3. The highest BCUT2D eigenvalue weighted by molar-refractivity contribution is 7.89. The summed E-state index contributed by atoms with van der Waals surface area (Å²) >= 11 is 1.27. The van der Waals surface area contributed by atoms with E-state index in [2.05, 4.69) is 15.4 Å². The van der Waals surface area contributed by atoms with Gasteiger partial charge in [0.05, 0.1) is 23.8 Å². The van der Waals surface area contributed by atoms with E-state index in [-0.39, 0.29) is 18.1 Å². The summed E-state index contributed by atoms with van der Waals surface area (Å²) < 4.78 is 25.9. The van der Waals surface area contributed by atoms with E-state index in [9.17, 15) is 23.1 Å². The van der Waals surface area contributed by atoms with Gasteiger partial charge in [0.25, 0.3) is 0 Å². The summed E-state index contributed by atoms with van der Waals surface area (Å²) in [5, 5.41) is 21.7. The van der Waals surface area contributed by atoms with Gasteiger partial charge in [-0.1, -0.05) is 13.3 Å². The van der Waals surface area contributed by atoms with Crippen LogP contribution in [0.3, 0.4) is 0 Å². The topological polar surface area (TPSA) is 174 Å². The molecule has 0 aromatic carbocycles. The van der Waals surface area contributed by atoms with Crippen LogP contribution in [-0.2, 0) is 26.2 Å². The number of unbranched alkanes of at least 4 members (excludes halogenated alkanes) is 1. The van der Waals surface area contributed by atoms with Crippen LogP contribution >= 0.6 is 11.3 Å². The number of carbonyl (C=O) groups is 2. The van der Waals surface area contributed by atoms with Crippen LogP contribution < -0.4 is 21.1 Å². The maximum absolute atomic E-state index is 12.2. The third kappa shape index (κ3) is 7.92. The van der Waals surface area contributed by atoms with Crippen molar-refractivity contribution in [1.29, 1.82) is 5.41 Å². The van der Waals surface area contributed by atoms with Crippen LogP contribution in [0, 0.1) is 5.41 Å². The van der Waals surface area contributed by atoms with E-state index in [1.54, 1.807) is 12.1 Å². The minimum absolute atomic E-state index is 0.0559. The molecule has 0 spiro atoms. The summed E-state index contributed by atoms with van der Waals surface area (Å²) in [6.45, 7) is 2.75. The van der Waals surface area contributed by atoms with E-state index in [1.165, 1.54) is 18.3 Å². The third-order valence-electron chi connectivity index (χ3n) is 3.70. The Morgan fingerprint density at radius 3 is 2.54 bits per heavy atom. The minimum atomic E-state index is -3.70. The molecule has 0 bridgehead atoms. The molecular formula is C16H27N5O5S2. The first-order valence-corrected chi connectivity index (χ1v) is 11.2. The second kappa shape index (κ2) is 11.1. The monoisotopic (exact) mass is 433 g/mol. The van der Waals surface area contributed by atoms with Gasteiger partial charge in [-0.25, -0.2) is 13.1 Å². The van der Waals surface area contributed by atoms with Gasteiger partial charge in [-0.3, -0.25) is 15.0 Å². The molecule has 0 aliphatic heterocycles. The Morgan fingerprint density at radius 2 is 2.00 bits per heavy atom. The molecule has 2 atom stereocenters. The van der Waals surface area contributed by atoms with Crippen LogP contribution in [0.25, 0.3) is 0 Å². The van der Waals surface area contributed by atoms with Crippen molar-refractivity contribution >= 4 is 39.0 Å². The van der Waals surface area contributed by atoms with E-state index >= 15 is 0 Å². The van der Waals surface area contributed by atoms with Crippen molar-refractivity contribution in [3.8, 4) is 0 Å². The normalized spacial score (nSPS) is 13.5. The van der Waals surface area contributed by atoms with Gasteiger partial charge >= 0.3 is 0 Å². The number of nitrogens with one attached hydrogen (secondary N) is 4. The van der Waals surface area contributed by atoms with Crippen molar-refractivity contribution < 1.29 is 23.1 Å². The SMILES string of the molecule is CCCCS(=O)(=O)NC(CO)C(=O)NC(C)C(=O)NCc1ccc(C(=N)N)s1. The summed E-state index contributed by atoms with van der Waals surface area (Å²) in [5.74, 6) is -1.47. The summed E-state index contributed by atoms with van der Waals surface area (Å²) in [6, 6.07) is 1.11. The summed E-state index contributed by atoms with van der Waals surface area (Å²) in [5.41, 5.74) is 5.39. The van der Waals surface area contributed by atoms with Crippen molar-refractivity contribution in [2.75, 3.05) is 12.4 Å². The third-order valence-corrected chi connectivity index (χ3v) is 6.29. The quantitative estimate of drug-likeness (QED) is 0.186. The molecule has 0 saturated heterocycles. The van der Waals surface area contributed by atoms with E-state index < -0.39 is 40.5 Å². The standard InChI is InChI=1S/C16H27N5O5S2/c1-3-4-7-28(25,26)21-12(9-22)16(24)20-10(2)15(23)19-8-11-5-6-13(27-11)14(17)18/h5-6,10,12,21-22H,3-4,7-9H2,1-2H3,(H3,17,18)(H,19,23)(H,20,24). The molecule has 1 rings (SSSR count). The van der Waals surface area contributed by atoms with Crippen molar-refractivity contribution in [1.82, 2.24) is 15.4 Å². The second-order valence-corrected chi connectivity index (χ2v) is 9.19. The number of aliphatic hydroxyl groups excluding tert-OH is 1. The molecule has 1 heterocycles. The van der Waals surface area contributed by atoms with Crippen LogP contribution in [0.1, 0.15) is 36.4 Å². The molecule has 10 nitrogen and oxygen atoms in total. The zero-order valence-corrected chi connectivity index (χ0v) is 17.5. The fourth-order valence-corrected chi connectivity index (χ4v) is 4.32. The first-order valence-electron chi connectivity index (χ1n) is 8.71. The molecule has 12 heteroatoms. The molecule has 7 N–H and O–H groups in total. The summed E-state index contributed by atoms with van der Waals surface area (Å²) in [4.78, 5) is 25.7. The van der Waals surface area contributed by atoms with Crippen LogP contribution in [0.4, 0.5) is 0 Å². The number of sulfonamides is 1. The molecule has 0 saturated carbocycles. The van der Waals surface area contributed by atoms with Crippen LogP contribution in [0.15, 0.2) is 12.1 Å². The van der Waals surface area contributed by atoms with Crippen molar-refractivity contribution in [3.63, 3.8) is 0 Å². The number of nitrogen functional groups attached to an aromatic ring is 1. The van der Waals surface area contributed by atoms with E-state index in [0.29, 0.717) is 17.7 Å². The van der Waals surface area contributed by atoms with Gasteiger partial charge in [0, 0.05) is 4.88 Å². The van der Waals surface area contributed by atoms with E-state index in [0.717, 1.165) is 4.88 Å². The molecule has 28 heavy (non-hydrogen) atoms. The average molecular weight is 434 g/mol. The van der Waals surface area contributed by atoms with Gasteiger partial charge in [0.15, 0.2) is 0 Å². The van der Waals surface area contributed by atoms with Crippen LogP contribution in [-0.4, -0.2) is 55.6 Å². The Kier molecular flexibility index (Phi) is 9.52. The lowest BCUT2D eigenvalue weighted by Gasteiger charge is -2.19. The highest BCUT2D eigenvalue weighted by atomic mass is 32.2. The van der Waals surface area contributed by atoms with Crippen molar-refractivity contribution in [2.24, 2.45) is 5.73 Å². The van der Waals surface area contributed by atoms with Crippen molar-refractivity contribution in [2.45, 2.75) is 45.3 Å². The van der Waals surface area contributed by atoms with Gasteiger partial charge in [-0.05, 0) is 25.5 Å². The maximum atomic E-state index is 12.2. The van der Waals surface area contributed by atoms with Crippen LogP contribution in [0.5, 0.6) is 0 Å². The highest BCUT2D eigenvalue weighted by Crippen LogP contribution is 2.15. The molecule has 0 aliphatic rings. The molecule has 158 valence electrons. The smallest absolute Gasteiger partial charge is 0.242 e. The van der Waals surface area contributed by atoms with Gasteiger partial charge < -0.3 is 21.5 Å². The van der Waals surface area contributed by atoms with Crippen molar-refractivity contribution in [3.05, 3.63) is 21.9 Å². The Labute approximate surface area is 168 Å². The predicted octanol–water partition coefficient (Wildman–Crippen LogP) is -0.767. The minimum Gasteiger partial charge on any atom is -0.394 e. The molecule has 1 aromatic heterocycles. The molecule has 1 aromatic rings. The lowest BCUT2D eigenvalue weighted by atomic mass is 10.2. The van der Waals surface area contributed by atoms with Gasteiger partial charge in [0.1, 0.15) is 17.9 Å². The first kappa shape index (κ1) is 24.0. The first-order chi connectivity index (χ1) is 13.1. The number of rotatable bonds is 12. The van der Waals surface area contributed by atoms with Gasteiger partial charge in [-0.15, -0.1) is 11.3 Å². The van der Waals surface area contributed by atoms with Gasteiger partial charge in [-0.2, -0.15) is 0 Å². The maximum Gasteiger partial charge on any atom is 0.242 e. The van der Waals surface area contributed by atoms with Crippen LogP contribution in [0.2, 0.25) is 0 Å². The summed E-state index contributed by atoms with van der Waals surface area (Å²) in [6.07, 6.45) is 1.11. The number of hydrogen-bond donors (Lipinski definition) is 6. The molecule has 2 unspecified atom stereocenters. The lowest BCUT2D eigenvalue weighted by molar-refractivity contribution is -0.130. The molecular weight excluding hydrogens is 406 g/mol. The highest BCUT2D eigenvalue weighted by Gasteiger charge is 2.26. The zero-order valence-electron chi connectivity index (χ0n) is 15.8. The Morgan fingerprint density at radius 1 is 1.32 bits per heavy atom.